The number of hydrogen-bond donors (Lipinski definition) is 0. The van der Waals surface area contributed by atoms with Crippen LogP contribution in [0.5, 0.6) is 0 Å². The zero-order valence-electron chi connectivity index (χ0n) is 8.41. The number of aliphatic imine (C=N–C) groups is 1. The minimum absolute atomic E-state index is 0.314. The first-order chi connectivity index (χ1) is 7.16. The third-order valence-corrected chi connectivity index (χ3v) is 2.58. The maximum Gasteiger partial charge on any atom is 0.240 e. The highest BCUT2D eigenvalue weighted by atomic mass is 19.1. The lowest BCUT2D eigenvalue weighted by atomic mass is 10.2. The summed E-state index contributed by atoms with van der Waals surface area (Å²) in [4.78, 5) is 13.9. The fraction of sp³-hybridized carbons (Fsp3) is 0.182. The molecule has 2 rings (SSSR count). The second kappa shape index (κ2) is 3.33. The van der Waals surface area contributed by atoms with Crippen LogP contribution >= 0.6 is 0 Å². The molecule has 1 heterocycles. The number of rotatable bonds is 1. The number of aromatic nitrogens is 1. The molecule has 1 aromatic heterocycles. The Balaban J connectivity index is 2.99. The highest BCUT2D eigenvalue weighted by molar-refractivity contribution is 5.94. The first-order valence-corrected chi connectivity index (χ1v) is 4.48. The summed E-state index contributed by atoms with van der Waals surface area (Å²) in [5, 5.41) is 0.637. The van der Waals surface area contributed by atoms with E-state index in [1.807, 2.05) is 0 Å². The van der Waals surface area contributed by atoms with E-state index in [2.05, 4.69) is 4.99 Å². The van der Waals surface area contributed by atoms with Crippen LogP contribution in [0.2, 0.25) is 0 Å². The Kier molecular flexibility index (Phi) is 2.14. The second-order valence-corrected chi connectivity index (χ2v) is 3.33. The Morgan fingerprint density at radius 1 is 1.47 bits per heavy atom. The van der Waals surface area contributed by atoms with Gasteiger partial charge in [-0.15, -0.1) is 0 Å². The summed E-state index contributed by atoms with van der Waals surface area (Å²) in [6.45, 7) is 1.79. The molecule has 0 aliphatic rings. The second-order valence-electron chi connectivity index (χ2n) is 3.33. The highest BCUT2D eigenvalue weighted by Gasteiger charge is 2.13. The first-order valence-electron chi connectivity index (χ1n) is 4.48. The zero-order chi connectivity index (χ0) is 11.0. The Bertz CT molecular complexity index is 580. The minimum Gasteiger partial charge on any atom is -0.343 e. The van der Waals surface area contributed by atoms with Crippen LogP contribution in [0.1, 0.15) is 5.69 Å². The SMILES string of the molecule is Cc1c(N=C=O)c2cccc(F)c2n1C. The third kappa shape index (κ3) is 1.27. The molecule has 0 saturated carbocycles. The van der Waals surface area contributed by atoms with E-state index in [1.165, 1.54) is 12.1 Å². The number of nitrogens with zero attached hydrogens (tertiary/aromatic N) is 2. The monoisotopic (exact) mass is 204 g/mol. The van der Waals surface area contributed by atoms with Crippen molar-refractivity contribution < 1.29 is 9.18 Å². The van der Waals surface area contributed by atoms with Crippen molar-refractivity contribution in [2.45, 2.75) is 6.92 Å². The largest absolute Gasteiger partial charge is 0.343 e. The standard InChI is InChI=1S/C11H9FN2O/c1-7-10(13-6-15)8-4-3-5-9(12)11(8)14(7)2/h3-5H,1-2H3. The summed E-state index contributed by atoms with van der Waals surface area (Å²) < 4.78 is 15.2. The van der Waals surface area contributed by atoms with Crippen LogP contribution in [0.3, 0.4) is 0 Å². The lowest BCUT2D eigenvalue weighted by Crippen LogP contribution is -1.91. The summed E-state index contributed by atoms with van der Waals surface area (Å²) in [6, 6.07) is 4.72. The number of benzene rings is 1. The molecule has 0 spiro atoms. The lowest BCUT2D eigenvalue weighted by molar-refractivity contribution is 0.565. The number of hydrogen-bond acceptors (Lipinski definition) is 2. The van der Waals surface area contributed by atoms with Gasteiger partial charge in [0.2, 0.25) is 6.08 Å². The Morgan fingerprint density at radius 3 is 2.87 bits per heavy atom. The molecule has 0 fully saturated rings. The number of halogens is 1. The van der Waals surface area contributed by atoms with E-state index in [-0.39, 0.29) is 5.82 Å². The molecule has 0 bridgehead atoms. The van der Waals surface area contributed by atoms with Crippen LogP contribution in [0.4, 0.5) is 10.1 Å². The molecule has 0 unspecified atom stereocenters. The number of isocyanates is 1. The van der Waals surface area contributed by atoms with Gasteiger partial charge in [-0.3, -0.25) is 0 Å². The van der Waals surface area contributed by atoms with Crippen molar-refractivity contribution in [3.63, 3.8) is 0 Å². The maximum atomic E-state index is 13.5. The normalized spacial score (nSPS) is 10.3. The molecule has 0 radical (unpaired) electrons. The van der Waals surface area contributed by atoms with Crippen LogP contribution < -0.4 is 0 Å². The van der Waals surface area contributed by atoms with Crippen molar-refractivity contribution >= 4 is 22.7 Å². The quantitative estimate of drug-likeness (QED) is 0.519. The maximum absolute atomic E-state index is 13.5. The van der Waals surface area contributed by atoms with Gasteiger partial charge in [0.15, 0.2) is 0 Å². The van der Waals surface area contributed by atoms with E-state index in [1.54, 1.807) is 30.7 Å². The van der Waals surface area contributed by atoms with E-state index in [0.29, 0.717) is 16.6 Å². The molecule has 0 amide bonds. The first kappa shape index (κ1) is 9.62. The Hall–Kier alpha value is -1.93. The van der Waals surface area contributed by atoms with E-state index in [4.69, 9.17) is 0 Å². The van der Waals surface area contributed by atoms with Gasteiger partial charge in [0.25, 0.3) is 0 Å². The number of para-hydroxylation sites is 1. The predicted octanol–water partition coefficient (Wildman–Crippen LogP) is 2.59. The molecule has 0 aliphatic carbocycles. The van der Waals surface area contributed by atoms with Crippen LogP contribution in [-0.2, 0) is 11.8 Å². The Labute approximate surface area is 85.8 Å². The highest BCUT2D eigenvalue weighted by Crippen LogP contribution is 2.32. The van der Waals surface area contributed by atoms with Crippen LogP contribution in [0, 0.1) is 12.7 Å². The number of carbonyl (C=O) groups excluding carboxylic acids is 1. The smallest absolute Gasteiger partial charge is 0.240 e. The van der Waals surface area contributed by atoms with E-state index >= 15 is 0 Å². The van der Waals surface area contributed by atoms with Crippen molar-refractivity contribution in [2.75, 3.05) is 0 Å². The molecule has 0 saturated heterocycles. The molecule has 0 atom stereocenters. The Morgan fingerprint density at radius 2 is 2.20 bits per heavy atom. The van der Waals surface area contributed by atoms with Crippen molar-refractivity contribution in [3.05, 3.63) is 29.7 Å². The molecular formula is C11H9FN2O. The molecule has 4 heteroatoms. The molecule has 15 heavy (non-hydrogen) atoms. The third-order valence-electron chi connectivity index (χ3n) is 2.58. The van der Waals surface area contributed by atoms with Gasteiger partial charge in [0, 0.05) is 18.1 Å². The van der Waals surface area contributed by atoms with Gasteiger partial charge in [-0.25, -0.2) is 9.18 Å². The van der Waals surface area contributed by atoms with Crippen molar-refractivity contribution in [1.29, 1.82) is 0 Å². The van der Waals surface area contributed by atoms with Crippen LogP contribution in [0.25, 0.3) is 10.9 Å². The van der Waals surface area contributed by atoms with Gasteiger partial charge in [-0.1, -0.05) is 12.1 Å². The molecule has 76 valence electrons. The van der Waals surface area contributed by atoms with E-state index < -0.39 is 0 Å². The molecule has 3 nitrogen and oxygen atoms in total. The molecule has 0 aliphatic heterocycles. The summed E-state index contributed by atoms with van der Waals surface area (Å²) in [6.07, 6.45) is 1.49. The van der Waals surface area contributed by atoms with Crippen LogP contribution in [0.15, 0.2) is 23.2 Å². The van der Waals surface area contributed by atoms with Gasteiger partial charge in [0.05, 0.1) is 5.52 Å². The van der Waals surface area contributed by atoms with Gasteiger partial charge in [0.1, 0.15) is 11.5 Å². The number of aryl methyl sites for hydroxylation is 1. The van der Waals surface area contributed by atoms with Crippen molar-refractivity contribution in [3.8, 4) is 0 Å². The predicted molar refractivity (Wildman–Crippen MR) is 55.4 cm³/mol. The van der Waals surface area contributed by atoms with Crippen molar-refractivity contribution in [1.82, 2.24) is 4.57 Å². The number of fused-ring (bicyclic) bond motifs is 1. The van der Waals surface area contributed by atoms with Crippen LogP contribution in [-0.4, -0.2) is 10.6 Å². The molecule has 0 N–H and O–H groups in total. The van der Waals surface area contributed by atoms with Gasteiger partial charge in [-0.05, 0) is 13.0 Å². The van der Waals surface area contributed by atoms with E-state index in [0.717, 1.165) is 5.69 Å². The molecule has 2 aromatic rings. The molecule has 1 aromatic carbocycles. The average Bonchev–Trinajstić information content (AvgIpc) is 2.45. The molecular weight excluding hydrogens is 195 g/mol. The van der Waals surface area contributed by atoms with E-state index in [9.17, 15) is 9.18 Å². The zero-order valence-corrected chi connectivity index (χ0v) is 8.41. The topological polar surface area (TPSA) is 34.4 Å². The minimum atomic E-state index is -0.314. The van der Waals surface area contributed by atoms with Gasteiger partial charge < -0.3 is 4.57 Å². The van der Waals surface area contributed by atoms with Crippen molar-refractivity contribution in [2.24, 2.45) is 12.0 Å². The summed E-state index contributed by atoms with van der Waals surface area (Å²) >= 11 is 0. The summed E-state index contributed by atoms with van der Waals surface area (Å²) in [5.41, 5.74) is 1.70. The fourth-order valence-electron chi connectivity index (χ4n) is 1.76. The average molecular weight is 204 g/mol. The summed E-state index contributed by atoms with van der Waals surface area (Å²) in [5.74, 6) is -0.314. The summed E-state index contributed by atoms with van der Waals surface area (Å²) in [7, 11) is 1.74. The van der Waals surface area contributed by atoms with Gasteiger partial charge >= 0.3 is 0 Å². The fourth-order valence-corrected chi connectivity index (χ4v) is 1.76. The van der Waals surface area contributed by atoms with Gasteiger partial charge in [-0.2, -0.15) is 4.99 Å². The lowest BCUT2D eigenvalue weighted by Gasteiger charge is -1.98.